The van der Waals surface area contributed by atoms with Crippen molar-refractivity contribution in [3.63, 3.8) is 0 Å². The molecule has 1 N–H and O–H groups in total. The average molecular weight is 318 g/mol. The van der Waals surface area contributed by atoms with Crippen LogP contribution in [0.4, 0.5) is 0 Å². The third-order valence-corrected chi connectivity index (χ3v) is 7.03. The van der Waals surface area contributed by atoms with Crippen LogP contribution >= 0.6 is 11.3 Å². The average Bonchev–Trinajstić information content (AvgIpc) is 2.87. The minimum absolute atomic E-state index is 0.0625. The molecule has 20 heavy (non-hydrogen) atoms. The molecule has 1 aliphatic carbocycles. The van der Waals surface area contributed by atoms with E-state index in [0.717, 1.165) is 37.0 Å². The van der Waals surface area contributed by atoms with Crippen molar-refractivity contribution >= 4 is 27.3 Å². The molecule has 1 aliphatic rings. The standard InChI is InChI=1S/C12H18N2O4S2/c1-8-4-3-5-9(6-8)14(2)20(17,18)12-10(11(15)16)13-7-19-12/h7-9H,3-6H2,1-2H3,(H,15,16). The molecule has 2 rings (SSSR count). The molecule has 1 aromatic rings. The van der Waals surface area contributed by atoms with E-state index in [1.807, 2.05) is 0 Å². The monoisotopic (exact) mass is 318 g/mol. The Bertz CT molecular complexity index is 596. The zero-order valence-corrected chi connectivity index (χ0v) is 13.1. The van der Waals surface area contributed by atoms with E-state index >= 15 is 0 Å². The summed E-state index contributed by atoms with van der Waals surface area (Å²) in [6.07, 6.45) is 3.75. The SMILES string of the molecule is CC1CCCC(N(C)S(=O)(=O)c2scnc2C(=O)O)C1. The van der Waals surface area contributed by atoms with Crippen molar-refractivity contribution < 1.29 is 18.3 Å². The largest absolute Gasteiger partial charge is 0.476 e. The number of hydrogen-bond acceptors (Lipinski definition) is 5. The van der Waals surface area contributed by atoms with Gasteiger partial charge in [-0.2, -0.15) is 4.31 Å². The molecule has 8 heteroatoms. The predicted molar refractivity (Wildman–Crippen MR) is 75.4 cm³/mol. The molecule has 0 amide bonds. The number of nitrogens with zero attached hydrogens (tertiary/aromatic N) is 2. The van der Waals surface area contributed by atoms with Gasteiger partial charge in [-0.15, -0.1) is 11.3 Å². The summed E-state index contributed by atoms with van der Waals surface area (Å²) in [5.74, 6) is -0.818. The lowest BCUT2D eigenvalue weighted by Gasteiger charge is -2.33. The van der Waals surface area contributed by atoms with Crippen molar-refractivity contribution in [2.45, 2.75) is 42.9 Å². The molecule has 6 nitrogen and oxygen atoms in total. The highest BCUT2D eigenvalue weighted by molar-refractivity contribution is 7.91. The van der Waals surface area contributed by atoms with E-state index in [9.17, 15) is 13.2 Å². The van der Waals surface area contributed by atoms with E-state index in [1.165, 1.54) is 16.9 Å². The molecule has 0 spiro atoms. The fourth-order valence-electron chi connectivity index (χ4n) is 2.62. The summed E-state index contributed by atoms with van der Waals surface area (Å²) in [4.78, 5) is 14.7. The number of aromatic carboxylic acids is 1. The molecule has 2 atom stereocenters. The van der Waals surface area contributed by atoms with E-state index in [4.69, 9.17) is 5.11 Å². The molecule has 1 fully saturated rings. The zero-order valence-electron chi connectivity index (χ0n) is 11.4. The van der Waals surface area contributed by atoms with E-state index in [0.29, 0.717) is 5.92 Å². The van der Waals surface area contributed by atoms with Gasteiger partial charge in [0.25, 0.3) is 10.0 Å². The molecular weight excluding hydrogens is 300 g/mol. The molecule has 0 aliphatic heterocycles. The Hall–Kier alpha value is -0.990. The summed E-state index contributed by atoms with van der Waals surface area (Å²) in [6.45, 7) is 2.11. The van der Waals surface area contributed by atoms with E-state index < -0.39 is 16.0 Å². The third kappa shape index (κ3) is 2.87. The second-order valence-corrected chi connectivity index (χ2v) is 8.29. The first-order valence-corrected chi connectivity index (χ1v) is 8.80. The van der Waals surface area contributed by atoms with Crippen molar-refractivity contribution in [1.82, 2.24) is 9.29 Å². The van der Waals surface area contributed by atoms with Gasteiger partial charge in [0.2, 0.25) is 0 Å². The van der Waals surface area contributed by atoms with Crippen LogP contribution in [0.3, 0.4) is 0 Å². The molecular formula is C12H18N2O4S2. The summed E-state index contributed by atoms with van der Waals surface area (Å²) in [5.41, 5.74) is 0.874. The van der Waals surface area contributed by atoms with E-state index in [-0.39, 0.29) is 15.9 Å². The van der Waals surface area contributed by atoms with Gasteiger partial charge in [-0.05, 0) is 18.8 Å². The third-order valence-electron chi connectivity index (χ3n) is 3.77. The van der Waals surface area contributed by atoms with Crippen molar-refractivity contribution in [3.05, 3.63) is 11.2 Å². The van der Waals surface area contributed by atoms with Gasteiger partial charge in [0.15, 0.2) is 9.90 Å². The molecule has 0 aromatic carbocycles. The number of sulfonamides is 1. The quantitative estimate of drug-likeness (QED) is 0.918. The van der Waals surface area contributed by atoms with Crippen LogP contribution in [0, 0.1) is 5.92 Å². The van der Waals surface area contributed by atoms with Crippen molar-refractivity contribution in [3.8, 4) is 0 Å². The van der Waals surface area contributed by atoms with Gasteiger partial charge in [0.1, 0.15) is 0 Å². The van der Waals surface area contributed by atoms with E-state index in [1.54, 1.807) is 0 Å². The van der Waals surface area contributed by atoms with Crippen LogP contribution in [0.15, 0.2) is 9.72 Å². The number of thiazole rings is 1. The number of hydrogen-bond donors (Lipinski definition) is 1. The van der Waals surface area contributed by atoms with Crippen LogP contribution in [0.2, 0.25) is 0 Å². The first kappa shape index (κ1) is 15.4. The molecule has 0 saturated heterocycles. The minimum Gasteiger partial charge on any atom is -0.476 e. The van der Waals surface area contributed by atoms with Crippen LogP contribution in [0.1, 0.15) is 43.1 Å². The Morgan fingerprint density at radius 3 is 2.80 bits per heavy atom. The second kappa shape index (κ2) is 5.79. The summed E-state index contributed by atoms with van der Waals surface area (Å²) in [7, 11) is -2.25. The number of carboxylic acids is 1. The Morgan fingerprint density at radius 2 is 2.20 bits per heavy atom. The van der Waals surface area contributed by atoms with Gasteiger partial charge in [0, 0.05) is 13.1 Å². The van der Waals surface area contributed by atoms with Gasteiger partial charge in [0.05, 0.1) is 5.51 Å². The fraction of sp³-hybridized carbons (Fsp3) is 0.667. The van der Waals surface area contributed by atoms with Gasteiger partial charge < -0.3 is 5.11 Å². The zero-order chi connectivity index (χ0) is 14.9. The molecule has 2 unspecified atom stereocenters. The number of carboxylic acid groups (broad SMARTS) is 1. The van der Waals surface area contributed by atoms with Gasteiger partial charge in [-0.1, -0.05) is 19.8 Å². The molecule has 1 heterocycles. The van der Waals surface area contributed by atoms with Crippen molar-refractivity contribution in [1.29, 1.82) is 0 Å². The van der Waals surface area contributed by atoms with Gasteiger partial charge in [-0.3, -0.25) is 0 Å². The van der Waals surface area contributed by atoms with Crippen LogP contribution < -0.4 is 0 Å². The maximum atomic E-state index is 12.6. The predicted octanol–water partition coefficient (Wildman–Crippen LogP) is 2.04. The minimum atomic E-state index is -3.79. The lowest BCUT2D eigenvalue weighted by Crippen LogP contribution is -2.39. The highest BCUT2D eigenvalue weighted by atomic mass is 32.2. The molecule has 0 radical (unpaired) electrons. The number of aromatic nitrogens is 1. The highest BCUT2D eigenvalue weighted by Gasteiger charge is 2.35. The number of rotatable bonds is 4. The lowest BCUT2D eigenvalue weighted by molar-refractivity contribution is 0.0687. The van der Waals surface area contributed by atoms with Gasteiger partial charge in [-0.25, -0.2) is 18.2 Å². The summed E-state index contributed by atoms with van der Waals surface area (Å²) >= 11 is 0.856. The normalized spacial score (nSPS) is 23.9. The highest BCUT2D eigenvalue weighted by Crippen LogP contribution is 2.31. The van der Waals surface area contributed by atoms with Crippen LogP contribution in [0.5, 0.6) is 0 Å². The van der Waals surface area contributed by atoms with Crippen LogP contribution in [0.25, 0.3) is 0 Å². The molecule has 1 aromatic heterocycles. The molecule has 112 valence electrons. The van der Waals surface area contributed by atoms with Gasteiger partial charge >= 0.3 is 5.97 Å². The fourth-order valence-corrected chi connectivity index (χ4v) is 5.32. The molecule has 0 bridgehead atoms. The van der Waals surface area contributed by atoms with Crippen LogP contribution in [-0.2, 0) is 10.0 Å². The number of carbonyl (C=O) groups is 1. The van der Waals surface area contributed by atoms with E-state index in [2.05, 4.69) is 11.9 Å². The Morgan fingerprint density at radius 1 is 1.50 bits per heavy atom. The second-order valence-electron chi connectivity index (χ2n) is 5.24. The summed E-state index contributed by atoms with van der Waals surface area (Å²) in [6, 6.07) is -0.0625. The Balaban J connectivity index is 2.29. The smallest absolute Gasteiger partial charge is 0.356 e. The molecule has 1 saturated carbocycles. The summed E-state index contributed by atoms with van der Waals surface area (Å²) in [5, 5.41) is 9.01. The van der Waals surface area contributed by atoms with Crippen molar-refractivity contribution in [2.75, 3.05) is 7.05 Å². The first-order valence-electron chi connectivity index (χ1n) is 6.49. The summed E-state index contributed by atoms with van der Waals surface area (Å²) < 4.78 is 26.3. The Labute approximate surface area is 122 Å². The maximum absolute atomic E-state index is 12.6. The topological polar surface area (TPSA) is 87.6 Å². The van der Waals surface area contributed by atoms with Crippen LogP contribution in [-0.4, -0.2) is 41.9 Å². The Kier molecular flexibility index (Phi) is 4.46. The maximum Gasteiger partial charge on any atom is 0.356 e. The first-order chi connectivity index (χ1) is 9.34. The van der Waals surface area contributed by atoms with Crippen molar-refractivity contribution in [2.24, 2.45) is 5.92 Å². The lowest BCUT2D eigenvalue weighted by atomic mass is 9.87.